The van der Waals surface area contributed by atoms with Gasteiger partial charge in [-0.2, -0.15) is 4.98 Å². The lowest BCUT2D eigenvalue weighted by Gasteiger charge is -2.21. The second-order valence-electron chi connectivity index (χ2n) is 4.05. The fraction of sp³-hybridized carbons (Fsp3) is 0.231. The Labute approximate surface area is 119 Å². The van der Waals surface area contributed by atoms with E-state index in [0.29, 0.717) is 6.54 Å². The minimum atomic E-state index is 0.280. The van der Waals surface area contributed by atoms with Crippen LogP contribution in [0.3, 0.4) is 0 Å². The third-order valence-corrected chi connectivity index (χ3v) is 3.86. The Morgan fingerprint density at radius 2 is 2.26 bits per heavy atom. The van der Waals surface area contributed by atoms with E-state index in [1.165, 1.54) is 0 Å². The molecule has 98 valence electrons. The molecule has 3 rings (SSSR count). The van der Waals surface area contributed by atoms with Crippen molar-refractivity contribution in [2.75, 3.05) is 11.4 Å². The summed E-state index contributed by atoms with van der Waals surface area (Å²) in [4.78, 5) is 11.6. The first kappa shape index (κ1) is 12.4. The number of nitrogens with zero attached hydrogens (tertiary/aromatic N) is 3. The lowest BCUT2D eigenvalue weighted by Crippen LogP contribution is -2.23. The van der Waals surface area contributed by atoms with Gasteiger partial charge >= 0.3 is 0 Å². The molecule has 0 radical (unpaired) electrons. The molecule has 4 nitrogen and oxygen atoms in total. The maximum absolute atomic E-state index is 6.00. The van der Waals surface area contributed by atoms with Crippen molar-refractivity contribution < 1.29 is 4.42 Å². The lowest BCUT2D eigenvalue weighted by atomic mass is 10.3. The van der Waals surface area contributed by atoms with Gasteiger partial charge in [0.2, 0.25) is 5.28 Å². The van der Waals surface area contributed by atoms with Gasteiger partial charge in [0.1, 0.15) is 16.4 Å². The molecule has 0 saturated heterocycles. The molecular formula is C13H12ClN3OS. The third kappa shape index (κ3) is 2.43. The van der Waals surface area contributed by atoms with Crippen molar-refractivity contribution in [3.05, 3.63) is 40.9 Å². The third-order valence-electron chi connectivity index (χ3n) is 2.89. The Bertz CT molecular complexity index is 680. The van der Waals surface area contributed by atoms with Crippen LogP contribution < -0.4 is 4.90 Å². The highest BCUT2D eigenvalue weighted by molar-refractivity contribution is 7.16. The van der Waals surface area contributed by atoms with Crippen molar-refractivity contribution >= 4 is 39.0 Å². The summed E-state index contributed by atoms with van der Waals surface area (Å²) in [7, 11) is 0. The summed E-state index contributed by atoms with van der Waals surface area (Å²) in [5, 5.41) is 3.31. The van der Waals surface area contributed by atoms with Crippen LogP contribution in [0.25, 0.3) is 10.2 Å². The van der Waals surface area contributed by atoms with Gasteiger partial charge in [0.05, 0.1) is 18.2 Å². The highest BCUT2D eigenvalue weighted by Crippen LogP contribution is 2.29. The first-order valence-electron chi connectivity index (χ1n) is 5.96. The Morgan fingerprint density at radius 3 is 3.00 bits per heavy atom. The number of hydrogen-bond acceptors (Lipinski definition) is 5. The largest absolute Gasteiger partial charge is 0.467 e. The normalized spacial score (nSPS) is 11.1. The SMILES string of the molecule is CCN(Cc1ccco1)c1nc(Cl)nc2sccc12. The van der Waals surface area contributed by atoms with E-state index in [9.17, 15) is 0 Å². The van der Waals surface area contributed by atoms with Crippen molar-refractivity contribution in [3.8, 4) is 0 Å². The number of anilines is 1. The zero-order chi connectivity index (χ0) is 13.2. The van der Waals surface area contributed by atoms with Gasteiger partial charge < -0.3 is 9.32 Å². The fourth-order valence-electron chi connectivity index (χ4n) is 1.98. The highest BCUT2D eigenvalue weighted by Gasteiger charge is 2.15. The van der Waals surface area contributed by atoms with E-state index < -0.39 is 0 Å². The average Bonchev–Trinajstić information content (AvgIpc) is 3.05. The van der Waals surface area contributed by atoms with Crippen LogP contribution in [0.4, 0.5) is 5.82 Å². The molecule has 0 atom stereocenters. The first-order chi connectivity index (χ1) is 9.28. The minimum absolute atomic E-state index is 0.280. The molecular weight excluding hydrogens is 282 g/mol. The van der Waals surface area contributed by atoms with Crippen LogP contribution in [0.15, 0.2) is 34.3 Å². The maximum atomic E-state index is 6.00. The molecule has 3 aromatic rings. The van der Waals surface area contributed by atoms with Crippen molar-refractivity contribution in [1.82, 2.24) is 9.97 Å². The van der Waals surface area contributed by atoms with Crippen LogP contribution >= 0.6 is 22.9 Å². The topological polar surface area (TPSA) is 42.2 Å². The van der Waals surface area contributed by atoms with Gasteiger partial charge in [-0.25, -0.2) is 4.98 Å². The maximum Gasteiger partial charge on any atom is 0.225 e. The average molecular weight is 294 g/mol. The summed E-state index contributed by atoms with van der Waals surface area (Å²) < 4.78 is 5.40. The zero-order valence-corrected chi connectivity index (χ0v) is 11.9. The molecule has 6 heteroatoms. The number of furan rings is 1. The molecule has 0 aromatic carbocycles. The first-order valence-corrected chi connectivity index (χ1v) is 7.21. The van der Waals surface area contributed by atoms with Gasteiger partial charge in [-0.3, -0.25) is 0 Å². The van der Waals surface area contributed by atoms with Crippen molar-refractivity contribution in [3.63, 3.8) is 0 Å². The Kier molecular flexibility index (Phi) is 3.40. The Balaban J connectivity index is 2.03. The van der Waals surface area contributed by atoms with E-state index in [-0.39, 0.29) is 5.28 Å². The van der Waals surface area contributed by atoms with Gasteiger partial charge in [-0.1, -0.05) is 0 Å². The van der Waals surface area contributed by atoms with E-state index in [1.807, 2.05) is 23.6 Å². The van der Waals surface area contributed by atoms with Crippen LogP contribution in [0.2, 0.25) is 5.28 Å². The highest BCUT2D eigenvalue weighted by atomic mass is 35.5. The van der Waals surface area contributed by atoms with E-state index in [2.05, 4.69) is 21.8 Å². The van der Waals surface area contributed by atoms with Gasteiger partial charge in [0.25, 0.3) is 0 Å². The number of rotatable bonds is 4. The molecule has 0 saturated carbocycles. The quantitative estimate of drug-likeness (QED) is 0.683. The fourth-order valence-corrected chi connectivity index (χ4v) is 2.96. The molecule has 0 aliphatic heterocycles. The van der Waals surface area contributed by atoms with E-state index >= 15 is 0 Å². The minimum Gasteiger partial charge on any atom is -0.467 e. The standard InChI is InChI=1S/C13H12ClN3OS/c1-2-17(8-9-4-3-6-18-9)11-10-5-7-19-12(10)16-13(14)15-11/h3-7H,2,8H2,1H3. The molecule has 0 spiro atoms. The number of aromatic nitrogens is 2. The summed E-state index contributed by atoms with van der Waals surface area (Å²) in [6.07, 6.45) is 1.68. The van der Waals surface area contributed by atoms with Crippen LogP contribution in [0, 0.1) is 0 Å². The van der Waals surface area contributed by atoms with Crippen LogP contribution in [-0.4, -0.2) is 16.5 Å². The van der Waals surface area contributed by atoms with Gasteiger partial charge in [0, 0.05) is 6.54 Å². The number of hydrogen-bond donors (Lipinski definition) is 0. The predicted octanol–water partition coefficient (Wildman–Crippen LogP) is 3.96. The Morgan fingerprint density at radius 1 is 1.37 bits per heavy atom. The molecule has 19 heavy (non-hydrogen) atoms. The summed E-state index contributed by atoms with van der Waals surface area (Å²) in [5.41, 5.74) is 0. The smallest absolute Gasteiger partial charge is 0.225 e. The lowest BCUT2D eigenvalue weighted by molar-refractivity contribution is 0.503. The van der Waals surface area contributed by atoms with E-state index in [4.69, 9.17) is 16.0 Å². The molecule has 0 unspecified atom stereocenters. The number of fused-ring (bicyclic) bond motifs is 1. The van der Waals surface area contributed by atoms with Crippen molar-refractivity contribution in [1.29, 1.82) is 0 Å². The van der Waals surface area contributed by atoms with Gasteiger partial charge in [-0.05, 0) is 42.1 Å². The predicted molar refractivity (Wildman–Crippen MR) is 77.9 cm³/mol. The molecule has 0 aliphatic carbocycles. The van der Waals surface area contributed by atoms with Crippen LogP contribution in [-0.2, 0) is 6.54 Å². The molecule has 0 N–H and O–H groups in total. The number of thiophene rings is 1. The number of halogens is 1. The molecule has 3 heterocycles. The van der Waals surface area contributed by atoms with Gasteiger partial charge in [-0.15, -0.1) is 11.3 Å². The summed E-state index contributed by atoms with van der Waals surface area (Å²) in [5.74, 6) is 1.76. The second kappa shape index (κ2) is 5.19. The summed E-state index contributed by atoms with van der Waals surface area (Å²) in [6, 6.07) is 5.86. The summed E-state index contributed by atoms with van der Waals surface area (Å²) in [6.45, 7) is 3.57. The van der Waals surface area contributed by atoms with Crippen LogP contribution in [0.1, 0.15) is 12.7 Å². The zero-order valence-electron chi connectivity index (χ0n) is 10.3. The summed E-state index contributed by atoms with van der Waals surface area (Å²) >= 11 is 7.56. The van der Waals surface area contributed by atoms with Crippen LogP contribution in [0.5, 0.6) is 0 Å². The van der Waals surface area contributed by atoms with Crippen molar-refractivity contribution in [2.24, 2.45) is 0 Å². The van der Waals surface area contributed by atoms with Crippen molar-refractivity contribution in [2.45, 2.75) is 13.5 Å². The molecule has 0 aliphatic rings. The molecule has 0 amide bonds. The monoisotopic (exact) mass is 293 g/mol. The Hall–Kier alpha value is -1.59. The molecule has 0 bridgehead atoms. The van der Waals surface area contributed by atoms with Gasteiger partial charge in [0.15, 0.2) is 0 Å². The van der Waals surface area contributed by atoms with E-state index in [0.717, 1.165) is 28.3 Å². The molecule has 3 aromatic heterocycles. The second-order valence-corrected chi connectivity index (χ2v) is 5.28. The molecule has 0 fully saturated rings. The van der Waals surface area contributed by atoms with E-state index in [1.54, 1.807) is 17.6 Å².